The maximum atomic E-state index is 6.10. The molecular formula is C7H14Cl2N2Pt. The van der Waals surface area contributed by atoms with Crippen molar-refractivity contribution in [1.82, 2.24) is 0 Å². The van der Waals surface area contributed by atoms with E-state index in [9.17, 15) is 0 Å². The van der Waals surface area contributed by atoms with E-state index in [-0.39, 0.29) is 26.5 Å². The normalized spacial score (nSPS) is 25.0. The van der Waals surface area contributed by atoms with Crippen LogP contribution < -0.4 is 11.5 Å². The summed E-state index contributed by atoms with van der Waals surface area (Å²) in [5.41, 5.74) is 11.0. The Morgan fingerprint density at radius 2 is 1.58 bits per heavy atom. The molecule has 0 atom stereocenters. The van der Waals surface area contributed by atoms with E-state index in [1.807, 2.05) is 0 Å². The van der Waals surface area contributed by atoms with Crippen molar-refractivity contribution in [3.8, 4) is 0 Å². The zero-order chi connectivity index (χ0) is 8.54. The molecule has 4 N–H and O–H groups in total. The van der Waals surface area contributed by atoms with Crippen molar-refractivity contribution >= 4 is 23.2 Å². The monoisotopic (exact) mass is 391 g/mol. The Labute approximate surface area is 97.6 Å². The van der Waals surface area contributed by atoms with E-state index in [0.29, 0.717) is 13.1 Å². The zero-order valence-corrected chi connectivity index (χ0v) is 10.5. The molecule has 0 aromatic heterocycles. The van der Waals surface area contributed by atoms with E-state index in [1.165, 1.54) is 0 Å². The Balaban J connectivity index is 0.00000121. The van der Waals surface area contributed by atoms with Crippen LogP contribution in [-0.4, -0.2) is 17.4 Å². The summed E-state index contributed by atoms with van der Waals surface area (Å²) in [6, 6.07) is 0. The van der Waals surface area contributed by atoms with E-state index in [2.05, 4.69) is 0 Å². The fraction of sp³-hybridized carbons (Fsp3) is 1.00. The smallest absolute Gasteiger partial charge is 0.126 e. The molecule has 0 heterocycles. The Morgan fingerprint density at radius 3 is 1.75 bits per heavy atom. The second-order valence-corrected chi connectivity index (χ2v) is 4.73. The Hall–Kier alpha value is 1.19. The van der Waals surface area contributed by atoms with Gasteiger partial charge in [-0.2, -0.15) is 0 Å². The van der Waals surface area contributed by atoms with E-state index in [0.717, 1.165) is 19.3 Å². The summed E-state index contributed by atoms with van der Waals surface area (Å²) in [7, 11) is 0. The van der Waals surface area contributed by atoms with Crippen LogP contribution in [0.2, 0.25) is 0 Å². The molecule has 0 unspecified atom stereocenters. The number of rotatable bonds is 2. The van der Waals surface area contributed by atoms with Crippen LogP contribution in [-0.2, 0) is 21.1 Å². The molecule has 0 aromatic carbocycles. The molecule has 0 aromatic rings. The van der Waals surface area contributed by atoms with Gasteiger partial charge in [-0.25, -0.2) is 0 Å². The molecular weight excluding hydrogens is 378 g/mol. The second kappa shape index (κ2) is 4.61. The molecule has 0 aliphatic heterocycles. The molecule has 2 nitrogen and oxygen atoms in total. The summed E-state index contributed by atoms with van der Waals surface area (Å²) >= 11 is 12.2. The minimum Gasteiger partial charge on any atom is -0.330 e. The molecule has 0 saturated heterocycles. The van der Waals surface area contributed by atoms with Crippen molar-refractivity contribution in [1.29, 1.82) is 0 Å². The van der Waals surface area contributed by atoms with Gasteiger partial charge in [0.05, 0.1) is 0 Å². The largest absolute Gasteiger partial charge is 0.330 e. The van der Waals surface area contributed by atoms with Gasteiger partial charge in [-0.3, -0.25) is 0 Å². The van der Waals surface area contributed by atoms with Crippen molar-refractivity contribution in [2.24, 2.45) is 16.9 Å². The molecule has 76 valence electrons. The van der Waals surface area contributed by atoms with E-state index >= 15 is 0 Å². The van der Waals surface area contributed by atoms with Crippen molar-refractivity contribution in [3.63, 3.8) is 0 Å². The summed E-state index contributed by atoms with van der Waals surface area (Å²) < 4.78 is -0.698. The molecule has 1 aliphatic rings. The van der Waals surface area contributed by atoms with Gasteiger partial charge >= 0.3 is 0 Å². The van der Waals surface area contributed by atoms with Crippen LogP contribution in [0.25, 0.3) is 0 Å². The summed E-state index contributed by atoms with van der Waals surface area (Å²) in [5, 5.41) is 0. The zero-order valence-electron chi connectivity index (χ0n) is 6.76. The number of halogens is 2. The molecule has 0 amide bonds. The third-order valence-corrected chi connectivity index (χ3v) is 3.88. The third kappa shape index (κ3) is 1.98. The van der Waals surface area contributed by atoms with E-state index in [4.69, 9.17) is 34.7 Å². The van der Waals surface area contributed by atoms with Gasteiger partial charge in [0.1, 0.15) is 4.33 Å². The average molecular weight is 392 g/mol. The molecule has 0 spiro atoms. The predicted octanol–water partition coefficient (Wildman–Crippen LogP) is 1.25. The summed E-state index contributed by atoms with van der Waals surface area (Å²) in [5.74, 6) is 0. The van der Waals surface area contributed by atoms with Gasteiger partial charge in [0, 0.05) is 39.6 Å². The van der Waals surface area contributed by atoms with Crippen LogP contribution in [0, 0.1) is 5.41 Å². The van der Waals surface area contributed by atoms with Crippen molar-refractivity contribution < 1.29 is 21.1 Å². The Morgan fingerprint density at radius 1 is 1.08 bits per heavy atom. The number of hydrogen-bond acceptors (Lipinski definition) is 2. The second-order valence-electron chi connectivity index (χ2n) is 3.25. The minimum atomic E-state index is -0.698. The van der Waals surface area contributed by atoms with Gasteiger partial charge in [0.15, 0.2) is 0 Å². The molecule has 0 radical (unpaired) electrons. The van der Waals surface area contributed by atoms with Crippen LogP contribution >= 0.6 is 23.2 Å². The minimum absolute atomic E-state index is 0. The summed E-state index contributed by atoms with van der Waals surface area (Å²) in [4.78, 5) is 0. The molecule has 1 fully saturated rings. The standard InChI is InChI=1S/C7H14Cl2N2.Pt/c8-7(9)3-1-2-6(7,4-10)5-11;/h1-5,10-11H2;. The van der Waals surface area contributed by atoms with Gasteiger partial charge in [0.25, 0.3) is 0 Å². The average Bonchev–Trinajstić information content (AvgIpc) is 2.26. The molecule has 12 heavy (non-hydrogen) atoms. The first-order valence-corrected chi connectivity index (χ1v) is 4.61. The summed E-state index contributed by atoms with van der Waals surface area (Å²) in [6.45, 7) is 0.965. The third-order valence-electron chi connectivity index (χ3n) is 2.70. The number of hydrogen-bond donors (Lipinski definition) is 2. The van der Waals surface area contributed by atoms with Gasteiger partial charge < -0.3 is 11.5 Å². The topological polar surface area (TPSA) is 52.0 Å². The maximum absolute atomic E-state index is 6.10. The van der Waals surface area contributed by atoms with Gasteiger partial charge in [0.2, 0.25) is 0 Å². The Kier molecular flexibility index (Phi) is 5.07. The van der Waals surface area contributed by atoms with Crippen LogP contribution in [0.1, 0.15) is 19.3 Å². The first-order chi connectivity index (χ1) is 5.08. The number of alkyl halides is 2. The molecule has 1 aliphatic carbocycles. The fourth-order valence-corrected chi connectivity index (χ4v) is 2.45. The summed E-state index contributed by atoms with van der Waals surface area (Å²) in [6.07, 6.45) is 2.79. The van der Waals surface area contributed by atoms with Crippen molar-refractivity contribution in [2.75, 3.05) is 13.1 Å². The first kappa shape index (κ1) is 13.2. The van der Waals surface area contributed by atoms with Crippen molar-refractivity contribution in [3.05, 3.63) is 0 Å². The molecule has 1 rings (SSSR count). The quantitative estimate of drug-likeness (QED) is 0.696. The van der Waals surface area contributed by atoms with Crippen LogP contribution in [0.5, 0.6) is 0 Å². The SMILES string of the molecule is NCC1(CN)CCCC1(Cl)Cl.[Pt]. The van der Waals surface area contributed by atoms with Gasteiger partial charge in [-0.15, -0.1) is 23.2 Å². The van der Waals surface area contributed by atoms with Crippen LogP contribution in [0.3, 0.4) is 0 Å². The maximum Gasteiger partial charge on any atom is 0.126 e. The Bertz CT molecular complexity index is 148. The molecule has 5 heteroatoms. The fourth-order valence-electron chi connectivity index (χ4n) is 1.68. The van der Waals surface area contributed by atoms with Gasteiger partial charge in [-0.1, -0.05) is 0 Å². The van der Waals surface area contributed by atoms with Crippen LogP contribution in [0.4, 0.5) is 0 Å². The number of nitrogens with two attached hydrogens (primary N) is 2. The van der Waals surface area contributed by atoms with Crippen LogP contribution in [0.15, 0.2) is 0 Å². The molecule has 1 saturated carbocycles. The first-order valence-electron chi connectivity index (χ1n) is 3.86. The molecule has 0 bridgehead atoms. The van der Waals surface area contributed by atoms with Crippen molar-refractivity contribution in [2.45, 2.75) is 23.6 Å². The van der Waals surface area contributed by atoms with E-state index in [1.54, 1.807) is 0 Å². The van der Waals surface area contributed by atoms with E-state index < -0.39 is 4.33 Å². The predicted molar refractivity (Wildman–Crippen MR) is 48.8 cm³/mol. The van der Waals surface area contributed by atoms with Gasteiger partial charge in [-0.05, 0) is 19.3 Å².